The van der Waals surface area contributed by atoms with E-state index in [0.29, 0.717) is 11.1 Å². The van der Waals surface area contributed by atoms with Crippen molar-refractivity contribution in [2.24, 2.45) is 0 Å². The lowest BCUT2D eigenvalue weighted by Gasteiger charge is -2.17. The molecule has 0 spiro atoms. The standard InChI is InChI=1S/C18H17FN2O4S/c19-13-2-3-15-16(7-20-17(15)6-13)11-1-4-18-12(5-11)8-21(26(18,24)25)9-14(23)10-22/h1-7,14,20,22-23H,8-10H2. The number of rotatable bonds is 4. The van der Waals surface area contributed by atoms with E-state index in [1.807, 2.05) is 0 Å². The van der Waals surface area contributed by atoms with Crippen molar-refractivity contribution in [2.75, 3.05) is 13.2 Å². The number of nitrogens with zero attached hydrogens (tertiary/aromatic N) is 1. The molecule has 2 heterocycles. The summed E-state index contributed by atoms with van der Waals surface area (Å²) < 4.78 is 39.7. The van der Waals surface area contributed by atoms with Crippen LogP contribution < -0.4 is 0 Å². The average molecular weight is 376 g/mol. The number of nitrogens with one attached hydrogen (secondary N) is 1. The van der Waals surface area contributed by atoms with E-state index < -0.39 is 22.7 Å². The number of β-amino-alcohol motifs (C(OH)–C–C–N with tert-alkyl or cyclic N) is 1. The van der Waals surface area contributed by atoms with E-state index in [1.165, 1.54) is 12.1 Å². The summed E-state index contributed by atoms with van der Waals surface area (Å²) >= 11 is 0. The van der Waals surface area contributed by atoms with Gasteiger partial charge in [0.25, 0.3) is 0 Å². The molecule has 1 aliphatic rings. The molecule has 26 heavy (non-hydrogen) atoms. The van der Waals surface area contributed by atoms with Gasteiger partial charge in [-0.25, -0.2) is 12.8 Å². The van der Waals surface area contributed by atoms with Crippen LogP contribution in [0.3, 0.4) is 0 Å². The largest absolute Gasteiger partial charge is 0.394 e. The SMILES string of the molecule is O=S1(=O)c2ccc(-c3c[nH]c4cc(F)ccc34)cc2CN1CC(O)CO. The van der Waals surface area contributed by atoms with E-state index in [4.69, 9.17) is 5.11 Å². The summed E-state index contributed by atoms with van der Waals surface area (Å²) in [7, 11) is -3.68. The highest BCUT2D eigenvalue weighted by atomic mass is 32.2. The van der Waals surface area contributed by atoms with Crippen LogP contribution >= 0.6 is 0 Å². The Morgan fingerprint density at radius 1 is 1.23 bits per heavy atom. The zero-order valence-electron chi connectivity index (χ0n) is 13.7. The van der Waals surface area contributed by atoms with Crippen molar-refractivity contribution in [1.29, 1.82) is 0 Å². The summed E-state index contributed by atoms with van der Waals surface area (Å²) in [4.78, 5) is 3.23. The summed E-state index contributed by atoms with van der Waals surface area (Å²) in [5, 5.41) is 19.4. The highest BCUT2D eigenvalue weighted by molar-refractivity contribution is 7.89. The number of aliphatic hydroxyl groups is 2. The second kappa shape index (κ2) is 6.17. The predicted octanol–water partition coefficient (Wildman–Crippen LogP) is 1.83. The first-order valence-electron chi connectivity index (χ1n) is 8.09. The lowest BCUT2D eigenvalue weighted by Crippen LogP contribution is -2.34. The van der Waals surface area contributed by atoms with Gasteiger partial charge in [-0.2, -0.15) is 4.31 Å². The maximum atomic E-state index is 13.4. The number of sulfonamides is 1. The highest BCUT2D eigenvalue weighted by Crippen LogP contribution is 2.36. The minimum Gasteiger partial charge on any atom is -0.394 e. The van der Waals surface area contributed by atoms with Gasteiger partial charge < -0.3 is 15.2 Å². The van der Waals surface area contributed by atoms with Gasteiger partial charge in [-0.3, -0.25) is 0 Å². The second-order valence-electron chi connectivity index (χ2n) is 6.35. The summed E-state index contributed by atoms with van der Waals surface area (Å²) in [6.07, 6.45) is 0.643. The van der Waals surface area contributed by atoms with Crippen molar-refractivity contribution in [3.63, 3.8) is 0 Å². The molecule has 3 aromatic rings. The van der Waals surface area contributed by atoms with Crippen LogP contribution in [-0.4, -0.2) is 47.2 Å². The van der Waals surface area contributed by atoms with Crippen LogP contribution in [0.1, 0.15) is 5.56 Å². The molecule has 8 heteroatoms. The third-order valence-corrected chi connectivity index (χ3v) is 6.52. The molecular formula is C18H17FN2O4S. The topological polar surface area (TPSA) is 93.6 Å². The van der Waals surface area contributed by atoms with Crippen LogP contribution in [0.25, 0.3) is 22.0 Å². The Kier molecular flexibility index (Phi) is 4.07. The van der Waals surface area contributed by atoms with E-state index in [2.05, 4.69) is 4.98 Å². The zero-order valence-corrected chi connectivity index (χ0v) is 14.5. The van der Waals surface area contributed by atoms with Crippen molar-refractivity contribution < 1.29 is 23.0 Å². The molecule has 1 aromatic heterocycles. The van der Waals surface area contributed by atoms with Crippen LogP contribution in [0.2, 0.25) is 0 Å². The molecule has 0 amide bonds. The number of hydrogen-bond donors (Lipinski definition) is 3. The van der Waals surface area contributed by atoms with Crippen molar-refractivity contribution >= 4 is 20.9 Å². The highest BCUT2D eigenvalue weighted by Gasteiger charge is 2.35. The number of aromatic nitrogens is 1. The molecule has 0 saturated heterocycles. The zero-order chi connectivity index (χ0) is 18.5. The molecule has 1 unspecified atom stereocenters. The number of halogens is 1. The van der Waals surface area contributed by atoms with Gasteiger partial charge in [-0.15, -0.1) is 0 Å². The van der Waals surface area contributed by atoms with Crippen LogP contribution in [0.5, 0.6) is 0 Å². The summed E-state index contributed by atoms with van der Waals surface area (Å²) in [5.41, 5.74) is 2.97. The maximum absolute atomic E-state index is 13.4. The summed E-state index contributed by atoms with van der Waals surface area (Å²) in [6, 6.07) is 9.54. The summed E-state index contributed by atoms with van der Waals surface area (Å²) in [5.74, 6) is -0.330. The number of H-pyrrole nitrogens is 1. The number of aliphatic hydroxyl groups excluding tert-OH is 2. The Labute approximate surface area is 149 Å². The van der Waals surface area contributed by atoms with Crippen molar-refractivity contribution in [3.05, 3.63) is 54.0 Å². The summed E-state index contributed by atoms with van der Waals surface area (Å²) in [6.45, 7) is -0.520. The smallest absolute Gasteiger partial charge is 0.243 e. The Morgan fingerprint density at radius 3 is 2.81 bits per heavy atom. The predicted molar refractivity (Wildman–Crippen MR) is 94.4 cm³/mol. The monoisotopic (exact) mass is 376 g/mol. The number of fused-ring (bicyclic) bond motifs is 2. The molecule has 1 atom stereocenters. The van der Waals surface area contributed by atoms with Crippen LogP contribution in [0.4, 0.5) is 4.39 Å². The first-order chi connectivity index (χ1) is 12.4. The van der Waals surface area contributed by atoms with Crippen LogP contribution in [0.15, 0.2) is 47.5 Å². The van der Waals surface area contributed by atoms with E-state index >= 15 is 0 Å². The molecule has 136 valence electrons. The molecule has 0 saturated carbocycles. The Hall–Kier alpha value is -2.26. The molecule has 0 fully saturated rings. The van der Waals surface area contributed by atoms with Crippen LogP contribution in [-0.2, 0) is 16.6 Å². The minimum atomic E-state index is -3.68. The molecule has 0 radical (unpaired) electrons. The van der Waals surface area contributed by atoms with E-state index in [-0.39, 0.29) is 23.8 Å². The van der Waals surface area contributed by atoms with Crippen molar-refractivity contribution in [3.8, 4) is 11.1 Å². The molecule has 3 N–H and O–H groups in total. The molecular weight excluding hydrogens is 359 g/mol. The first kappa shape index (κ1) is 17.2. The van der Waals surface area contributed by atoms with Crippen molar-refractivity contribution in [1.82, 2.24) is 9.29 Å². The lowest BCUT2D eigenvalue weighted by atomic mass is 10.0. The van der Waals surface area contributed by atoms with Gasteiger partial charge in [0, 0.05) is 35.8 Å². The number of hydrogen-bond acceptors (Lipinski definition) is 4. The number of aromatic amines is 1. The Balaban J connectivity index is 1.74. The third-order valence-electron chi connectivity index (χ3n) is 4.60. The normalized spacial score (nSPS) is 17.5. The minimum absolute atomic E-state index is 0.138. The van der Waals surface area contributed by atoms with Gasteiger partial charge in [0.15, 0.2) is 0 Å². The molecule has 6 nitrogen and oxygen atoms in total. The molecule has 0 aliphatic carbocycles. The van der Waals surface area contributed by atoms with Crippen LogP contribution in [0, 0.1) is 5.82 Å². The van der Waals surface area contributed by atoms with Gasteiger partial charge >= 0.3 is 0 Å². The number of benzene rings is 2. The second-order valence-corrected chi connectivity index (χ2v) is 8.26. The lowest BCUT2D eigenvalue weighted by molar-refractivity contribution is 0.0785. The third kappa shape index (κ3) is 2.71. The van der Waals surface area contributed by atoms with Gasteiger partial charge in [0.1, 0.15) is 5.82 Å². The Bertz CT molecular complexity index is 1090. The average Bonchev–Trinajstić information content (AvgIpc) is 3.13. The fraction of sp³-hybridized carbons (Fsp3) is 0.222. The molecule has 0 bridgehead atoms. The quantitative estimate of drug-likeness (QED) is 0.648. The first-order valence-corrected chi connectivity index (χ1v) is 9.53. The Morgan fingerprint density at radius 2 is 2.04 bits per heavy atom. The van der Waals surface area contributed by atoms with E-state index in [1.54, 1.807) is 30.5 Å². The van der Waals surface area contributed by atoms with Gasteiger partial charge in [0.05, 0.1) is 17.6 Å². The van der Waals surface area contributed by atoms with Gasteiger partial charge in [-0.1, -0.05) is 6.07 Å². The molecule has 4 rings (SSSR count). The van der Waals surface area contributed by atoms with Crippen molar-refractivity contribution in [2.45, 2.75) is 17.5 Å². The molecule has 1 aliphatic heterocycles. The fourth-order valence-electron chi connectivity index (χ4n) is 3.33. The molecule has 2 aromatic carbocycles. The van der Waals surface area contributed by atoms with Gasteiger partial charge in [-0.05, 0) is 41.5 Å². The maximum Gasteiger partial charge on any atom is 0.243 e. The van der Waals surface area contributed by atoms with Gasteiger partial charge in [0.2, 0.25) is 10.0 Å². The van der Waals surface area contributed by atoms with E-state index in [0.717, 1.165) is 20.8 Å². The fourth-order valence-corrected chi connectivity index (χ4v) is 4.98. The van der Waals surface area contributed by atoms with E-state index in [9.17, 15) is 17.9 Å².